The Morgan fingerprint density at radius 3 is 1.37 bits per heavy atom. The zero-order valence-electron chi connectivity index (χ0n) is 50.7. The summed E-state index contributed by atoms with van der Waals surface area (Å²) in [5.74, 6) is 0. The summed E-state index contributed by atoms with van der Waals surface area (Å²) >= 11 is 0. The molecule has 3 aromatic heterocycles. The highest BCUT2D eigenvalue weighted by molar-refractivity contribution is 7.01. The number of fused-ring (bicyclic) bond motifs is 21. The minimum Gasteiger partial charge on any atom is -0.311 e. The molecular weight excluding hydrogens is 1100 g/mol. The van der Waals surface area contributed by atoms with E-state index in [-0.39, 0.29) is 24.3 Å². The molecule has 9 heterocycles. The summed E-state index contributed by atoms with van der Waals surface area (Å²) in [6.45, 7) is 9.75. The first kappa shape index (κ1) is 48.9. The third-order valence-corrected chi connectivity index (χ3v) is 22.5. The Morgan fingerprint density at radius 1 is 0.286 bits per heavy atom. The van der Waals surface area contributed by atoms with Crippen molar-refractivity contribution in [2.24, 2.45) is 0 Å². The molecule has 0 bridgehead atoms. The van der Waals surface area contributed by atoms with Crippen LogP contribution < -0.4 is 42.6 Å². The lowest BCUT2D eigenvalue weighted by atomic mass is 9.32. The van der Waals surface area contributed by atoms with Gasteiger partial charge in [-0.3, -0.25) is 0 Å². The number of benzene rings is 13. The van der Waals surface area contributed by atoms with Crippen molar-refractivity contribution in [1.29, 1.82) is 0 Å². The van der Waals surface area contributed by atoms with Crippen molar-refractivity contribution < 1.29 is 0 Å². The smallest absolute Gasteiger partial charge is 0.252 e. The van der Waals surface area contributed by atoms with Crippen LogP contribution in [0.1, 0.15) is 49.9 Å². The van der Waals surface area contributed by atoms with Crippen molar-refractivity contribution in [2.45, 2.75) is 38.5 Å². The molecule has 0 aliphatic carbocycles. The molecule has 0 unspecified atom stereocenters. The quantitative estimate of drug-likeness (QED) is 0.164. The molecule has 13 aromatic carbocycles. The van der Waals surface area contributed by atoms with Crippen LogP contribution in [-0.2, 0) is 10.8 Å². The first-order valence-corrected chi connectivity index (χ1v) is 32.3. The number of rotatable bonds is 3. The van der Waals surface area contributed by atoms with Gasteiger partial charge in [-0.15, -0.1) is 0 Å². The minimum absolute atomic E-state index is 0.0349. The third-order valence-electron chi connectivity index (χ3n) is 22.5. The summed E-state index contributed by atoms with van der Waals surface area (Å²) in [7, 11) is 0. The van der Waals surface area contributed by atoms with E-state index in [9.17, 15) is 0 Å². The lowest BCUT2D eigenvalue weighted by Crippen LogP contribution is -2.63. The largest absolute Gasteiger partial charge is 0.311 e. The molecule has 6 aliphatic heterocycles. The summed E-state index contributed by atoms with van der Waals surface area (Å²) < 4.78 is 7.64. The van der Waals surface area contributed by atoms with Gasteiger partial charge in [-0.2, -0.15) is 0 Å². The molecule has 22 rings (SSSR count). The Labute approximate surface area is 527 Å². The third kappa shape index (κ3) is 5.81. The van der Waals surface area contributed by atoms with Crippen molar-refractivity contribution in [3.8, 4) is 39.3 Å². The van der Waals surface area contributed by atoms with Crippen LogP contribution in [-0.4, -0.2) is 27.1 Å². The van der Waals surface area contributed by atoms with Crippen LogP contribution in [0.25, 0.3) is 105 Å². The summed E-state index contributed by atoms with van der Waals surface area (Å²) in [5, 5.41) is 7.67. The van der Waals surface area contributed by atoms with Crippen molar-refractivity contribution in [1.82, 2.24) is 13.7 Å². The van der Waals surface area contributed by atoms with E-state index in [0.717, 1.165) is 5.69 Å². The SMILES string of the molecule is CC1(C)c2ccccc2N2c3cc(-c4ccc(-n5c6ccccc6c6c(-c7cc8c9c(c7)c7ccccc7n9-c7cccc9c7B8c7cccc8c%10ccccc%10n-9c78)cccc65)cc4)cc4c3B(c3cccc1c32)c1cccc2c1N4c1ccccc1C2(C)C. The molecule has 0 spiro atoms. The van der Waals surface area contributed by atoms with Crippen LogP contribution in [0.5, 0.6) is 0 Å². The van der Waals surface area contributed by atoms with E-state index in [2.05, 4.69) is 312 Å². The van der Waals surface area contributed by atoms with Crippen LogP contribution in [0, 0.1) is 0 Å². The Morgan fingerprint density at radius 2 is 0.736 bits per heavy atom. The maximum absolute atomic E-state index is 2.64. The highest BCUT2D eigenvalue weighted by atomic mass is 15.2. The molecule has 422 valence electrons. The summed E-state index contributed by atoms with van der Waals surface area (Å²) in [6.07, 6.45) is 0. The van der Waals surface area contributed by atoms with Gasteiger partial charge < -0.3 is 23.5 Å². The molecule has 16 aromatic rings. The highest BCUT2D eigenvalue weighted by Gasteiger charge is 2.51. The van der Waals surface area contributed by atoms with E-state index in [0.29, 0.717) is 0 Å². The fourth-order valence-corrected chi connectivity index (χ4v) is 18.8. The monoisotopic (exact) mass is 1160 g/mol. The fraction of sp³-hybridized carbons (Fsp3) is 0.0714. The number of para-hydroxylation sites is 8. The van der Waals surface area contributed by atoms with E-state index in [1.165, 1.54) is 188 Å². The summed E-state index contributed by atoms with van der Waals surface area (Å²) in [4.78, 5) is 5.28. The van der Waals surface area contributed by atoms with Gasteiger partial charge in [0.2, 0.25) is 0 Å². The van der Waals surface area contributed by atoms with Crippen molar-refractivity contribution in [3.63, 3.8) is 0 Å². The molecule has 0 saturated heterocycles. The van der Waals surface area contributed by atoms with E-state index in [1.54, 1.807) is 0 Å². The minimum atomic E-state index is -0.199. The number of hydrogen-bond acceptors (Lipinski definition) is 2. The number of nitrogens with zero attached hydrogens (tertiary/aromatic N) is 5. The predicted octanol–water partition coefficient (Wildman–Crippen LogP) is 16.8. The van der Waals surface area contributed by atoms with Gasteiger partial charge >= 0.3 is 0 Å². The van der Waals surface area contributed by atoms with Crippen LogP contribution in [0.15, 0.2) is 261 Å². The van der Waals surface area contributed by atoms with Crippen LogP contribution >= 0.6 is 0 Å². The van der Waals surface area contributed by atoms with Crippen molar-refractivity contribution >= 4 is 146 Å². The first-order valence-electron chi connectivity index (χ1n) is 32.3. The Hall–Kier alpha value is -11.0. The predicted molar refractivity (Wildman–Crippen MR) is 383 cm³/mol. The Balaban J connectivity index is 0.743. The van der Waals surface area contributed by atoms with Gasteiger partial charge in [0.15, 0.2) is 0 Å². The second kappa shape index (κ2) is 16.6. The zero-order chi connectivity index (χ0) is 59.7. The van der Waals surface area contributed by atoms with E-state index in [4.69, 9.17) is 0 Å². The average Bonchev–Trinajstić information content (AvgIpc) is 1.49. The Kier molecular flexibility index (Phi) is 8.94. The molecule has 0 radical (unpaired) electrons. The highest BCUT2D eigenvalue weighted by Crippen LogP contribution is 2.58. The molecule has 0 fully saturated rings. The molecule has 0 atom stereocenters. The maximum atomic E-state index is 2.64. The topological polar surface area (TPSA) is 21.3 Å². The fourth-order valence-electron chi connectivity index (χ4n) is 18.8. The molecule has 0 saturated carbocycles. The molecular formula is C84H55B2N5. The van der Waals surface area contributed by atoms with Gasteiger partial charge in [0.05, 0.1) is 33.4 Å². The maximum Gasteiger partial charge on any atom is 0.252 e. The van der Waals surface area contributed by atoms with Crippen LogP contribution in [0.3, 0.4) is 0 Å². The van der Waals surface area contributed by atoms with E-state index < -0.39 is 0 Å². The lowest BCUT2D eigenvalue weighted by Gasteiger charge is -2.52. The second-order valence-electron chi connectivity index (χ2n) is 27.5. The van der Waals surface area contributed by atoms with E-state index in [1.807, 2.05) is 0 Å². The van der Waals surface area contributed by atoms with Gasteiger partial charge in [-0.25, -0.2) is 0 Å². The molecule has 0 N–H and O–H groups in total. The molecule has 5 nitrogen and oxygen atoms in total. The zero-order valence-corrected chi connectivity index (χ0v) is 50.7. The van der Waals surface area contributed by atoms with E-state index >= 15 is 0 Å². The van der Waals surface area contributed by atoms with Gasteiger partial charge in [0, 0.05) is 94.0 Å². The van der Waals surface area contributed by atoms with Gasteiger partial charge in [0.25, 0.3) is 13.4 Å². The van der Waals surface area contributed by atoms with Crippen molar-refractivity contribution in [2.75, 3.05) is 9.80 Å². The molecule has 0 amide bonds. The summed E-state index contributed by atoms with van der Waals surface area (Å²) in [5.41, 5.74) is 36.9. The van der Waals surface area contributed by atoms with Gasteiger partial charge in [-0.1, -0.05) is 210 Å². The number of hydrogen-bond donors (Lipinski definition) is 0. The molecule has 7 heteroatoms. The van der Waals surface area contributed by atoms with Gasteiger partial charge in [-0.05, 0) is 156 Å². The Bertz CT molecular complexity index is 5930. The average molecular weight is 1160 g/mol. The number of aromatic nitrogens is 3. The summed E-state index contributed by atoms with van der Waals surface area (Å²) in [6, 6.07) is 100. The lowest BCUT2D eigenvalue weighted by molar-refractivity contribution is 0.632. The normalized spacial score (nSPS) is 15.1. The van der Waals surface area contributed by atoms with Crippen LogP contribution in [0.2, 0.25) is 0 Å². The number of anilines is 6. The second-order valence-corrected chi connectivity index (χ2v) is 27.5. The molecule has 91 heavy (non-hydrogen) atoms. The molecule has 6 aliphatic rings. The van der Waals surface area contributed by atoms with Crippen LogP contribution in [0.4, 0.5) is 34.1 Å². The van der Waals surface area contributed by atoms with Crippen molar-refractivity contribution in [3.05, 3.63) is 283 Å². The van der Waals surface area contributed by atoms with Gasteiger partial charge in [0.1, 0.15) is 0 Å². The first-order chi connectivity index (χ1) is 44.7. The standard InChI is InChI=1S/C84H55B2N5/c1-83(2)58-25-8-13-35-69(58)90-74-46-49(47-75-78(74)85(63-30-17-27-60(83)81(63)90)64-31-18-28-61-82(64)91(75)70-36-14-9-26-59(70)84(61,3)4)48-40-42-51(43-41-48)87-68-34-12-7-22-56(68)76-52(23-16-37-71(76)87)50-44-57-54-21-6-11-33-67(54)89-73-39-19-38-72-77(73)86(65(45-50)80(57)89)62-29-15-24-55-53-20-5-10-32-66(53)88(72)79(55)62/h5-47H,1-4H3.